The highest BCUT2D eigenvalue weighted by Crippen LogP contribution is 2.29. The lowest BCUT2D eigenvalue weighted by Gasteiger charge is -2.19. The lowest BCUT2D eigenvalue weighted by atomic mass is 9.99. The molecule has 1 aromatic carbocycles. The first-order chi connectivity index (χ1) is 12.6. The third kappa shape index (κ3) is 3.88. The molecule has 26 heavy (non-hydrogen) atoms. The Morgan fingerprint density at radius 1 is 1.19 bits per heavy atom. The fourth-order valence-corrected chi connectivity index (χ4v) is 3.46. The maximum atomic E-state index is 12.2. The Balaban J connectivity index is 1.93. The minimum Gasteiger partial charge on any atom is -0.375 e. The van der Waals surface area contributed by atoms with Gasteiger partial charge in [-0.15, -0.1) is 11.8 Å². The first-order valence-corrected chi connectivity index (χ1v) is 10.0. The predicted molar refractivity (Wildman–Crippen MR) is 111 cm³/mol. The summed E-state index contributed by atoms with van der Waals surface area (Å²) in [5.74, 6) is -0.0585. The van der Waals surface area contributed by atoms with Gasteiger partial charge < -0.3 is 4.90 Å². The Hall–Kier alpha value is -2.40. The Bertz CT molecular complexity index is 856. The van der Waals surface area contributed by atoms with Gasteiger partial charge in [0, 0.05) is 42.0 Å². The minimum atomic E-state index is -0.0585. The van der Waals surface area contributed by atoms with Gasteiger partial charge in [-0.3, -0.25) is 9.78 Å². The molecule has 4 nitrogen and oxygen atoms in total. The number of nitrogens with zero attached hydrogens (tertiary/aromatic N) is 3. The maximum absolute atomic E-state index is 12.2. The van der Waals surface area contributed by atoms with Crippen molar-refractivity contribution in [1.29, 1.82) is 0 Å². The van der Waals surface area contributed by atoms with Crippen molar-refractivity contribution in [3.8, 4) is 0 Å². The summed E-state index contributed by atoms with van der Waals surface area (Å²) in [6.45, 7) is 3.25. The zero-order valence-electron chi connectivity index (χ0n) is 15.4. The predicted octanol–water partition coefficient (Wildman–Crippen LogP) is 4.88. The largest absolute Gasteiger partial charge is 0.375 e. The second-order valence-corrected chi connectivity index (χ2v) is 7.08. The molecular formula is C21H23N3OS. The molecule has 0 aliphatic heterocycles. The van der Waals surface area contributed by atoms with Gasteiger partial charge >= 0.3 is 0 Å². The van der Waals surface area contributed by atoms with E-state index < -0.39 is 0 Å². The number of pyridine rings is 1. The molecule has 134 valence electrons. The van der Waals surface area contributed by atoms with Crippen molar-refractivity contribution in [1.82, 2.24) is 4.98 Å². The zero-order chi connectivity index (χ0) is 18.5. The summed E-state index contributed by atoms with van der Waals surface area (Å²) in [5, 5.41) is 0. The summed E-state index contributed by atoms with van der Waals surface area (Å²) in [4.78, 5) is 24.4. The summed E-state index contributed by atoms with van der Waals surface area (Å²) in [6.07, 6.45) is 7.60. The zero-order valence-corrected chi connectivity index (χ0v) is 16.2. The van der Waals surface area contributed by atoms with Crippen LogP contribution in [0.15, 0.2) is 58.6 Å². The van der Waals surface area contributed by atoms with Gasteiger partial charge in [-0.2, -0.15) is 0 Å². The Morgan fingerprint density at radius 2 is 1.96 bits per heavy atom. The van der Waals surface area contributed by atoms with Crippen molar-refractivity contribution in [3.63, 3.8) is 0 Å². The monoisotopic (exact) mass is 365 g/mol. The number of fused-ring (bicyclic) bond motifs is 1. The number of ketones is 1. The van der Waals surface area contributed by atoms with Gasteiger partial charge in [-0.1, -0.05) is 13.3 Å². The highest BCUT2D eigenvalue weighted by molar-refractivity contribution is 8.03. The smallest absolute Gasteiger partial charge is 0.206 e. The molecule has 1 aliphatic carbocycles. The number of hydrogen-bond donors (Lipinski definition) is 0. The highest BCUT2D eigenvalue weighted by Gasteiger charge is 2.24. The number of carbonyl (C=O) groups is 1. The number of thioether (sulfide) groups is 1. The molecule has 0 saturated heterocycles. The third-order valence-electron chi connectivity index (χ3n) is 4.39. The van der Waals surface area contributed by atoms with Gasteiger partial charge in [0.25, 0.3) is 0 Å². The van der Waals surface area contributed by atoms with Crippen LogP contribution in [0.2, 0.25) is 0 Å². The van der Waals surface area contributed by atoms with E-state index in [4.69, 9.17) is 4.99 Å². The van der Waals surface area contributed by atoms with Crippen molar-refractivity contribution in [2.24, 2.45) is 4.99 Å². The van der Waals surface area contributed by atoms with Gasteiger partial charge in [-0.25, -0.2) is 4.99 Å². The van der Waals surface area contributed by atoms with Crippen molar-refractivity contribution in [2.45, 2.75) is 19.8 Å². The first kappa shape index (κ1) is 18.4. The van der Waals surface area contributed by atoms with Crippen LogP contribution in [0.5, 0.6) is 0 Å². The molecule has 0 saturated carbocycles. The Morgan fingerprint density at radius 3 is 2.65 bits per heavy atom. The average Bonchev–Trinajstić information content (AvgIpc) is 2.68. The molecule has 0 amide bonds. The molecule has 0 bridgehead atoms. The second kappa shape index (κ2) is 8.32. The molecule has 0 N–H and O–H groups in total. The number of benzene rings is 1. The van der Waals surface area contributed by atoms with Gasteiger partial charge in [0.15, 0.2) is 0 Å². The fourth-order valence-electron chi connectivity index (χ4n) is 2.89. The highest BCUT2D eigenvalue weighted by atomic mass is 32.2. The van der Waals surface area contributed by atoms with Crippen LogP contribution in [0.4, 0.5) is 11.4 Å². The number of aromatic nitrogens is 1. The van der Waals surface area contributed by atoms with E-state index in [9.17, 15) is 4.79 Å². The summed E-state index contributed by atoms with van der Waals surface area (Å²) < 4.78 is 0. The molecule has 5 heteroatoms. The second-order valence-electron chi connectivity index (χ2n) is 6.23. The van der Waals surface area contributed by atoms with Crippen molar-refractivity contribution >= 4 is 34.6 Å². The molecule has 0 atom stereocenters. The number of rotatable bonds is 6. The van der Waals surface area contributed by atoms with Crippen LogP contribution in [-0.4, -0.2) is 36.3 Å². The Kier molecular flexibility index (Phi) is 5.89. The van der Waals surface area contributed by atoms with Crippen LogP contribution >= 0.6 is 11.8 Å². The molecule has 1 aromatic heterocycles. The van der Waals surface area contributed by atoms with Crippen molar-refractivity contribution in [2.75, 3.05) is 24.7 Å². The summed E-state index contributed by atoms with van der Waals surface area (Å²) in [6, 6.07) is 12.0. The fraction of sp³-hybridized carbons (Fsp3) is 0.286. The number of unbranched alkanes of at least 4 members (excludes halogenated alkanes) is 1. The number of anilines is 1. The van der Waals surface area contributed by atoms with Gasteiger partial charge in [0.05, 0.1) is 11.4 Å². The van der Waals surface area contributed by atoms with E-state index in [1.165, 1.54) is 30.3 Å². The van der Waals surface area contributed by atoms with Crippen LogP contribution in [0.1, 0.15) is 35.8 Å². The summed E-state index contributed by atoms with van der Waals surface area (Å²) in [5.41, 5.74) is 4.14. The molecule has 0 fully saturated rings. The van der Waals surface area contributed by atoms with E-state index in [1.807, 2.05) is 30.5 Å². The van der Waals surface area contributed by atoms with Gasteiger partial charge in [0.1, 0.15) is 5.69 Å². The topological polar surface area (TPSA) is 45.6 Å². The van der Waals surface area contributed by atoms with Crippen LogP contribution in [-0.2, 0) is 0 Å². The molecule has 1 aliphatic rings. The van der Waals surface area contributed by atoms with E-state index in [0.29, 0.717) is 5.69 Å². The van der Waals surface area contributed by atoms with E-state index in [-0.39, 0.29) is 5.78 Å². The molecule has 0 radical (unpaired) electrons. The van der Waals surface area contributed by atoms with E-state index in [1.54, 1.807) is 12.3 Å². The van der Waals surface area contributed by atoms with Gasteiger partial charge in [0.2, 0.25) is 5.78 Å². The molecule has 2 aromatic rings. The number of allylic oxidation sites excluding steroid dienone is 2. The summed E-state index contributed by atoms with van der Waals surface area (Å²) in [7, 11) is 2.11. The SMILES string of the molecule is CCCCN(C)c1ccc(N=C2C(SC)=CC(=O)c3ncccc32)cc1. The molecule has 0 spiro atoms. The lowest BCUT2D eigenvalue weighted by Crippen LogP contribution is -2.18. The molecule has 1 heterocycles. The molecule has 0 unspecified atom stereocenters. The molecular weight excluding hydrogens is 342 g/mol. The van der Waals surface area contributed by atoms with Crippen LogP contribution in [0.3, 0.4) is 0 Å². The Labute approximate surface area is 159 Å². The van der Waals surface area contributed by atoms with Crippen molar-refractivity contribution < 1.29 is 4.79 Å². The third-order valence-corrected chi connectivity index (χ3v) is 5.14. The van der Waals surface area contributed by atoms with E-state index >= 15 is 0 Å². The standard InChI is InChI=1S/C21H23N3OS/c1-4-5-13-24(2)16-10-8-15(9-11-16)23-21-17-7-6-12-22-20(17)18(25)14-19(21)26-3/h6-12,14H,4-5,13H2,1-3H3. The number of aliphatic imine (C=N–C) groups is 1. The summed E-state index contributed by atoms with van der Waals surface area (Å²) >= 11 is 1.53. The number of carbonyl (C=O) groups excluding carboxylic acids is 1. The number of hydrogen-bond acceptors (Lipinski definition) is 5. The lowest BCUT2D eigenvalue weighted by molar-refractivity contribution is 0.104. The van der Waals surface area contributed by atoms with Crippen LogP contribution in [0, 0.1) is 0 Å². The first-order valence-electron chi connectivity index (χ1n) is 8.79. The minimum absolute atomic E-state index is 0.0585. The van der Waals surface area contributed by atoms with Crippen molar-refractivity contribution in [3.05, 3.63) is 64.8 Å². The average molecular weight is 366 g/mol. The van der Waals surface area contributed by atoms with Crippen LogP contribution < -0.4 is 4.90 Å². The van der Waals surface area contributed by atoms with E-state index in [2.05, 4.69) is 36.0 Å². The maximum Gasteiger partial charge on any atom is 0.206 e. The van der Waals surface area contributed by atoms with Crippen LogP contribution in [0.25, 0.3) is 0 Å². The van der Waals surface area contributed by atoms with Gasteiger partial charge in [-0.05, 0) is 49.1 Å². The normalized spacial score (nSPS) is 15.0. The van der Waals surface area contributed by atoms with E-state index in [0.717, 1.165) is 28.4 Å². The molecule has 3 rings (SSSR count). The quantitative estimate of drug-likeness (QED) is 0.732.